The minimum atomic E-state index is -1.08. The van der Waals surface area contributed by atoms with Gasteiger partial charge in [0, 0.05) is 19.6 Å². The van der Waals surface area contributed by atoms with Crippen molar-refractivity contribution in [3.05, 3.63) is 71.3 Å². The molecule has 1 aliphatic heterocycles. The first-order valence-corrected chi connectivity index (χ1v) is 9.19. The van der Waals surface area contributed by atoms with Gasteiger partial charge in [0.15, 0.2) is 5.78 Å². The predicted molar refractivity (Wildman–Crippen MR) is 98.7 cm³/mol. The predicted octanol–water partition coefficient (Wildman–Crippen LogP) is 2.96. The van der Waals surface area contributed by atoms with Gasteiger partial charge in [-0.05, 0) is 30.0 Å². The van der Waals surface area contributed by atoms with Crippen molar-refractivity contribution >= 4 is 11.8 Å². The van der Waals surface area contributed by atoms with E-state index in [4.69, 9.17) is 4.74 Å². The summed E-state index contributed by atoms with van der Waals surface area (Å²) in [5, 5.41) is 0. The molecule has 2 aliphatic rings. The molecule has 4 heteroatoms. The Morgan fingerprint density at radius 1 is 1.15 bits per heavy atom. The number of ether oxygens (including phenoxy) is 1. The minimum absolute atomic E-state index is 0.0268. The molecule has 2 aromatic carbocycles. The van der Waals surface area contributed by atoms with E-state index < -0.39 is 5.41 Å². The van der Waals surface area contributed by atoms with Crippen LogP contribution >= 0.6 is 0 Å². The second-order valence-corrected chi connectivity index (χ2v) is 7.25. The third-order valence-corrected chi connectivity index (χ3v) is 5.56. The van der Waals surface area contributed by atoms with Crippen LogP contribution in [-0.2, 0) is 27.3 Å². The van der Waals surface area contributed by atoms with Crippen LogP contribution in [0.2, 0.25) is 0 Å². The van der Waals surface area contributed by atoms with Crippen molar-refractivity contribution in [2.24, 2.45) is 5.41 Å². The first-order chi connectivity index (χ1) is 12.6. The molecule has 4 rings (SSSR count). The molecule has 2 bridgehead atoms. The average molecular weight is 349 g/mol. The van der Waals surface area contributed by atoms with Gasteiger partial charge in [-0.2, -0.15) is 0 Å². The highest BCUT2D eigenvalue weighted by Gasteiger charge is 2.57. The van der Waals surface area contributed by atoms with Gasteiger partial charge >= 0.3 is 5.97 Å². The highest BCUT2D eigenvalue weighted by molar-refractivity contribution is 6.09. The molecular formula is C22H23NO3. The SMILES string of the molecule is CCOC(=O)[C@@]12Cc3ccccc3[C@@H](CN(Cc3ccccc3)C1)C2=O. The summed E-state index contributed by atoms with van der Waals surface area (Å²) >= 11 is 0. The number of carbonyl (C=O) groups is 2. The number of ketones is 1. The summed E-state index contributed by atoms with van der Waals surface area (Å²) in [6.45, 7) is 3.88. The van der Waals surface area contributed by atoms with E-state index in [1.165, 1.54) is 5.56 Å². The Bertz CT molecular complexity index is 832. The van der Waals surface area contributed by atoms with E-state index in [0.29, 0.717) is 26.1 Å². The van der Waals surface area contributed by atoms with Crippen LogP contribution in [0.1, 0.15) is 29.5 Å². The summed E-state index contributed by atoms with van der Waals surface area (Å²) in [4.78, 5) is 28.4. The van der Waals surface area contributed by atoms with Crippen LogP contribution in [0.15, 0.2) is 54.6 Å². The Kier molecular flexibility index (Phi) is 4.37. The standard InChI is InChI=1S/C22H23NO3/c1-2-26-21(25)22-12-17-10-6-7-11-18(17)19(20(22)24)14-23(15-22)13-16-8-4-3-5-9-16/h3-11,19H,2,12-15H2,1H3/t19-,22+/m1/s1. The molecule has 0 radical (unpaired) electrons. The second-order valence-electron chi connectivity index (χ2n) is 7.25. The van der Waals surface area contributed by atoms with Gasteiger partial charge in [0.05, 0.1) is 12.5 Å². The topological polar surface area (TPSA) is 46.6 Å². The zero-order chi connectivity index (χ0) is 18.1. The maximum atomic E-state index is 13.3. The number of carbonyl (C=O) groups excluding carboxylic acids is 2. The van der Waals surface area contributed by atoms with Crippen molar-refractivity contribution in [2.75, 3.05) is 19.7 Å². The average Bonchev–Trinajstić information content (AvgIpc) is 2.64. The number of fused-ring (bicyclic) bond motifs is 4. The third-order valence-electron chi connectivity index (χ3n) is 5.56. The van der Waals surface area contributed by atoms with Gasteiger partial charge in [0.25, 0.3) is 0 Å². The summed E-state index contributed by atoms with van der Waals surface area (Å²) in [7, 11) is 0. The fraction of sp³-hybridized carbons (Fsp3) is 0.364. The molecule has 1 fully saturated rings. The summed E-state index contributed by atoms with van der Waals surface area (Å²) in [5.74, 6) is -0.608. The summed E-state index contributed by atoms with van der Waals surface area (Å²) in [6.07, 6.45) is 0.433. The Labute approximate surface area is 153 Å². The number of piperidine rings is 1. The van der Waals surface area contributed by atoms with E-state index in [1.54, 1.807) is 6.92 Å². The largest absolute Gasteiger partial charge is 0.465 e. The van der Waals surface area contributed by atoms with Crippen LogP contribution in [-0.4, -0.2) is 36.3 Å². The number of benzene rings is 2. The molecule has 2 atom stereocenters. The Morgan fingerprint density at radius 2 is 1.88 bits per heavy atom. The van der Waals surface area contributed by atoms with Crippen LogP contribution in [0.25, 0.3) is 0 Å². The van der Waals surface area contributed by atoms with E-state index in [2.05, 4.69) is 17.0 Å². The fourth-order valence-electron chi connectivity index (χ4n) is 4.41. The number of hydrogen-bond donors (Lipinski definition) is 0. The molecule has 0 N–H and O–H groups in total. The maximum Gasteiger partial charge on any atom is 0.321 e. The van der Waals surface area contributed by atoms with Gasteiger partial charge in [-0.3, -0.25) is 14.5 Å². The van der Waals surface area contributed by atoms with Crippen molar-refractivity contribution in [3.8, 4) is 0 Å². The van der Waals surface area contributed by atoms with Crippen LogP contribution in [0.5, 0.6) is 0 Å². The van der Waals surface area contributed by atoms with Gasteiger partial charge in [-0.15, -0.1) is 0 Å². The number of Topliss-reactive ketones (excluding diaryl/α,β-unsaturated/α-hetero) is 1. The number of likely N-dealkylation sites (tertiary alicyclic amines) is 1. The highest BCUT2D eigenvalue weighted by Crippen LogP contribution is 2.45. The zero-order valence-corrected chi connectivity index (χ0v) is 15.0. The molecule has 1 saturated heterocycles. The number of esters is 1. The van der Waals surface area contributed by atoms with Crippen molar-refractivity contribution < 1.29 is 14.3 Å². The molecule has 134 valence electrons. The lowest BCUT2D eigenvalue weighted by atomic mass is 9.63. The highest BCUT2D eigenvalue weighted by atomic mass is 16.5. The van der Waals surface area contributed by atoms with Gasteiger partial charge < -0.3 is 4.74 Å². The summed E-state index contributed by atoms with van der Waals surface area (Å²) in [5.41, 5.74) is 2.27. The minimum Gasteiger partial charge on any atom is -0.465 e. The van der Waals surface area contributed by atoms with E-state index in [9.17, 15) is 9.59 Å². The van der Waals surface area contributed by atoms with Crippen LogP contribution in [0.4, 0.5) is 0 Å². The molecular weight excluding hydrogens is 326 g/mol. The van der Waals surface area contributed by atoms with Crippen LogP contribution in [0.3, 0.4) is 0 Å². The van der Waals surface area contributed by atoms with E-state index in [0.717, 1.165) is 17.7 Å². The quantitative estimate of drug-likeness (QED) is 0.629. The molecule has 0 amide bonds. The second kappa shape index (κ2) is 6.69. The van der Waals surface area contributed by atoms with Gasteiger partial charge in [-0.1, -0.05) is 54.6 Å². The first-order valence-electron chi connectivity index (χ1n) is 9.19. The molecule has 0 spiro atoms. The fourth-order valence-corrected chi connectivity index (χ4v) is 4.41. The monoisotopic (exact) mass is 349 g/mol. The molecule has 4 nitrogen and oxygen atoms in total. The van der Waals surface area contributed by atoms with Gasteiger partial charge in [0.1, 0.15) is 5.41 Å². The van der Waals surface area contributed by atoms with Gasteiger partial charge in [0.2, 0.25) is 0 Å². The van der Waals surface area contributed by atoms with Crippen molar-refractivity contribution in [2.45, 2.75) is 25.8 Å². The van der Waals surface area contributed by atoms with Gasteiger partial charge in [-0.25, -0.2) is 0 Å². The Hall–Kier alpha value is -2.46. The maximum absolute atomic E-state index is 13.3. The van der Waals surface area contributed by atoms with E-state index in [-0.39, 0.29) is 17.7 Å². The molecule has 0 unspecified atom stereocenters. The number of rotatable bonds is 4. The first kappa shape index (κ1) is 17.0. The molecule has 2 aromatic rings. The zero-order valence-electron chi connectivity index (χ0n) is 15.0. The lowest BCUT2D eigenvalue weighted by molar-refractivity contribution is -0.166. The van der Waals surface area contributed by atoms with E-state index >= 15 is 0 Å². The molecule has 1 aliphatic carbocycles. The smallest absolute Gasteiger partial charge is 0.321 e. The number of hydrogen-bond acceptors (Lipinski definition) is 4. The number of nitrogens with zero attached hydrogens (tertiary/aromatic N) is 1. The summed E-state index contributed by atoms with van der Waals surface area (Å²) in [6, 6.07) is 18.2. The molecule has 0 saturated carbocycles. The molecule has 0 aromatic heterocycles. The summed E-state index contributed by atoms with van der Waals surface area (Å²) < 4.78 is 5.36. The Balaban J connectivity index is 1.72. The Morgan fingerprint density at radius 3 is 2.65 bits per heavy atom. The van der Waals surface area contributed by atoms with Crippen LogP contribution in [0, 0.1) is 5.41 Å². The normalized spacial score (nSPS) is 24.8. The van der Waals surface area contributed by atoms with Crippen molar-refractivity contribution in [1.29, 1.82) is 0 Å². The van der Waals surface area contributed by atoms with Crippen molar-refractivity contribution in [1.82, 2.24) is 4.90 Å². The third kappa shape index (κ3) is 2.74. The van der Waals surface area contributed by atoms with Crippen LogP contribution < -0.4 is 0 Å². The van der Waals surface area contributed by atoms with Crippen molar-refractivity contribution in [3.63, 3.8) is 0 Å². The van der Waals surface area contributed by atoms with E-state index in [1.807, 2.05) is 42.5 Å². The lowest BCUT2D eigenvalue weighted by Crippen LogP contribution is -2.60. The molecule has 26 heavy (non-hydrogen) atoms. The molecule has 1 heterocycles. The lowest BCUT2D eigenvalue weighted by Gasteiger charge is -2.47.